The summed E-state index contributed by atoms with van der Waals surface area (Å²) in [5.41, 5.74) is 9.85. The first kappa shape index (κ1) is 27.7. The molecule has 0 heterocycles. The average molecular weight is 509 g/mol. The van der Waals surface area contributed by atoms with E-state index in [0.29, 0.717) is 12.8 Å². The Morgan fingerprint density at radius 1 is 0.919 bits per heavy atom. The number of hydrogen-bond acceptors (Lipinski definition) is 5. The largest absolute Gasteiger partial charge is 0.449 e. The summed E-state index contributed by atoms with van der Waals surface area (Å²) in [7, 11) is 0. The van der Waals surface area contributed by atoms with Crippen LogP contribution in [0, 0.1) is 5.92 Å². The van der Waals surface area contributed by atoms with Crippen LogP contribution < -0.4 is 21.7 Å². The number of rotatable bonds is 12. The summed E-state index contributed by atoms with van der Waals surface area (Å²) < 4.78 is 5.53. The number of primary amides is 1. The van der Waals surface area contributed by atoms with Crippen molar-refractivity contribution in [1.29, 1.82) is 0 Å². The fraction of sp³-hybridized carbons (Fsp3) is 0.429. The Kier molecular flexibility index (Phi) is 9.65. The number of nitrogens with two attached hydrogens (primary N) is 1. The van der Waals surface area contributed by atoms with E-state index in [1.807, 2.05) is 57.2 Å². The lowest BCUT2D eigenvalue weighted by Gasteiger charge is -2.23. The molecule has 9 nitrogen and oxygen atoms in total. The molecule has 0 bridgehead atoms. The highest BCUT2D eigenvalue weighted by atomic mass is 16.5. The molecule has 9 heteroatoms. The third-order valence-electron chi connectivity index (χ3n) is 6.29. The lowest BCUT2D eigenvalue weighted by Crippen LogP contribution is -2.56. The Morgan fingerprint density at radius 3 is 2.05 bits per heavy atom. The molecule has 2 aromatic carbocycles. The number of alkyl carbamates (subject to hydrolysis) is 1. The van der Waals surface area contributed by atoms with Crippen molar-refractivity contribution in [2.45, 2.75) is 58.0 Å². The van der Waals surface area contributed by atoms with Crippen molar-refractivity contribution >= 4 is 23.8 Å². The maximum atomic E-state index is 12.9. The number of amides is 4. The van der Waals surface area contributed by atoms with Gasteiger partial charge in [-0.15, -0.1) is 0 Å². The van der Waals surface area contributed by atoms with E-state index >= 15 is 0 Å². The molecule has 0 aromatic heterocycles. The minimum Gasteiger partial charge on any atom is -0.449 e. The molecule has 5 N–H and O–H groups in total. The van der Waals surface area contributed by atoms with E-state index in [9.17, 15) is 19.2 Å². The summed E-state index contributed by atoms with van der Waals surface area (Å²) in [6, 6.07) is 14.1. The minimum atomic E-state index is -1.09. The highest BCUT2D eigenvalue weighted by Crippen LogP contribution is 2.44. The lowest BCUT2D eigenvalue weighted by molar-refractivity contribution is -0.131. The molecule has 1 aliphatic carbocycles. The predicted molar refractivity (Wildman–Crippen MR) is 140 cm³/mol. The molecule has 0 fully saturated rings. The van der Waals surface area contributed by atoms with E-state index < -0.39 is 30.0 Å². The van der Waals surface area contributed by atoms with Gasteiger partial charge < -0.3 is 26.4 Å². The van der Waals surface area contributed by atoms with Crippen molar-refractivity contribution < 1.29 is 23.9 Å². The second kappa shape index (κ2) is 12.9. The van der Waals surface area contributed by atoms with Gasteiger partial charge in [0.25, 0.3) is 0 Å². The van der Waals surface area contributed by atoms with Crippen LogP contribution in [0.25, 0.3) is 11.1 Å². The standard InChI is InChI=1S/C28H36N4O5/c1-4-9-25(33)31-24(27(35)32-23(26(29)34)14-17(2)3)15-30-28(36)37-16-22-20-12-7-5-10-18(20)19-11-6-8-13-21(19)22/h5-8,10-13,17,22-24H,4,9,14-16H2,1-3H3,(H2,29,34)(H,30,36)(H,31,33)(H,32,35). The maximum Gasteiger partial charge on any atom is 0.407 e. The van der Waals surface area contributed by atoms with Gasteiger partial charge in [0.15, 0.2) is 0 Å². The molecule has 0 radical (unpaired) electrons. The van der Waals surface area contributed by atoms with Crippen LogP contribution in [0.4, 0.5) is 4.79 Å². The van der Waals surface area contributed by atoms with Gasteiger partial charge in [0.1, 0.15) is 18.7 Å². The summed E-state index contributed by atoms with van der Waals surface area (Å²) in [6.07, 6.45) is 0.464. The van der Waals surface area contributed by atoms with Gasteiger partial charge in [-0.2, -0.15) is 0 Å². The van der Waals surface area contributed by atoms with Crippen LogP contribution in [0.2, 0.25) is 0 Å². The first-order chi connectivity index (χ1) is 17.7. The zero-order valence-corrected chi connectivity index (χ0v) is 21.6. The normalized spacial score (nSPS) is 13.7. The molecule has 1 aliphatic rings. The Hall–Kier alpha value is -3.88. The molecule has 37 heavy (non-hydrogen) atoms. The summed E-state index contributed by atoms with van der Waals surface area (Å²) in [5.74, 6) is -1.59. The third-order valence-corrected chi connectivity index (χ3v) is 6.29. The zero-order valence-electron chi connectivity index (χ0n) is 21.6. The monoisotopic (exact) mass is 508 g/mol. The van der Waals surface area contributed by atoms with Crippen LogP contribution in [0.15, 0.2) is 48.5 Å². The van der Waals surface area contributed by atoms with Gasteiger partial charge in [0.05, 0.1) is 6.54 Å². The van der Waals surface area contributed by atoms with E-state index in [4.69, 9.17) is 10.5 Å². The van der Waals surface area contributed by atoms with Crippen molar-refractivity contribution in [3.05, 3.63) is 59.7 Å². The van der Waals surface area contributed by atoms with E-state index in [0.717, 1.165) is 22.3 Å². The fourth-order valence-corrected chi connectivity index (χ4v) is 4.53. The summed E-state index contributed by atoms with van der Waals surface area (Å²) in [4.78, 5) is 49.5. The first-order valence-corrected chi connectivity index (χ1v) is 12.7. The quantitative estimate of drug-likeness (QED) is 0.349. The maximum absolute atomic E-state index is 12.9. The number of benzene rings is 2. The molecule has 0 aliphatic heterocycles. The number of nitrogens with one attached hydrogen (secondary N) is 3. The van der Waals surface area contributed by atoms with Crippen molar-refractivity contribution in [3.8, 4) is 11.1 Å². The van der Waals surface area contributed by atoms with E-state index in [-0.39, 0.29) is 37.3 Å². The SMILES string of the molecule is CCCC(=O)NC(CNC(=O)OCC1c2ccccc2-c2ccccc21)C(=O)NC(CC(C)C)C(N)=O. The Labute approximate surface area is 217 Å². The predicted octanol–water partition coefficient (Wildman–Crippen LogP) is 2.83. The molecular weight excluding hydrogens is 472 g/mol. The second-order valence-electron chi connectivity index (χ2n) is 9.67. The highest BCUT2D eigenvalue weighted by Gasteiger charge is 2.30. The second-order valence-corrected chi connectivity index (χ2v) is 9.67. The molecule has 198 valence electrons. The zero-order chi connectivity index (χ0) is 26.9. The van der Waals surface area contributed by atoms with Gasteiger partial charge in [0, 0.05) is 12.3 Å². The number of hydrogen-bond donors (Lipinski definition) is 4. The van der Waals surface area contributed by atoms with Crippen LogP contribution in [0.1, 0.15) is 57.1 Å². The minimum absolute atomic E-state index is 0.103. The summed E-state index contributed by atoms with van der Waals surface area (Å²) >= 11 is 0. The Morgan fingerprint density at radius 2 is 1.51 bits per heavy atom. The lowest BCUT2D eigenvalue weighted by atomic mass is 9.98. The molecule has 0 spiro atoms. The number of carbonyl (C=O) groups excluding carboxylic acids is 4. The average Bonchev–Trinajstić information content (AvgIpc) is 3.18. The number of carbonyl (C=O) groups is 4. The van der Waals surface area contributed by atoms with Gasteiger partial charge in [-0.3, -0.25) is 14.4 Å². The molecule has 2 unspecified atom stereocenters. The van der Waals surface area contributed by atoms with Gasteiger partial charge in [-0.25, -0.2) is 4.79 Å². The van der Waals surface area contributed by atoms with Gasteiger partial charge in [0.2, 0.25) is 17.7 Å². The van der Waals surface area contributed by atoms with Crippen LogP contribution in [0.5, 0.6) is 0 Å². The molecule has 2 aromatic rings. The van der Waals surface area contributed by atoms with Crippen LogP contribution in [-0.2, 0) is 19.1 Å². The molecule has 4 amide bonds. The number of ether oxygens (including phenoxy) is 1. The van der Waals surface area contributed by atoms with Crippen molar-refractivity contribution in [1.82, 2.24) is 16.0 Å². The van der Waals surface area contributed by atoms with Crippen molar-refractivity contribution in [3.63, 3.8) is 0 Å². The topological polar surface area (TPSA) is 140 Å². The first-order valence-electron chi connectivity index (χ1n) is 12.7. The molecule has 2 atom stereocenters. The molecule has 0 saturated heterocycles. The van der Waals surface area contributed by atoms with Gasteiger partial charge in [-0.1, -0.05) is 69.3 Å². The fourth-order valence-electron chi connectivity index (χ4n) is 4.53. The summed E-state index contributed by atoms with van der Waals surface area (Å²) in [6.45, 7) is 5.57. The summed E-state index contributed by atoms with van der Waals surface area (Å²) in [5, 5.41) is 7.79. The van der Waals surface area contributed by atoms with E-state index in [1.54, 1.807) is 0 Å². The van der Waals surface area contributed by atoms with Crippen molar-refractivity contribution in [2.24, 2.45) is 11.7 Å². The van der Waals surface area contributed by atoms with Crippen molar-refractivity contribution in [2.75, 3.05) is 13.2 Å². The Balaban J connectivity index is 1.62. The Bertz CT molecular complexity index is 1090. The van der Waals surface area contributed by atoms with E-state index in [1.165, 1.54) is 0 Å². The smallest absolute Gasteiger partial charge is 0.407 e. The van der Waals surface area contributed by atoms with Crippen LogP contribution in [0.3, 0.4) is 0 Å². The van der Waals surface area contributed by atoms with Crippen LogP contribution >= 0.6 is 0 Å². The molecule has 0 saturated carbocycles. The third kappa shape index (κ3) is 7.31. The highest BCUT2D eigenvalue weighted by molar-refractivity contribution is 5.92. The van der Waals surface area contributed by atoms with E-state index in [2.05, 4.69) is 28.1 Å². The van der Waals surface area contributed by atoms with Crippen LogP contribution in [-0.4, -0.2) is 49.1 Å². The molecule has 3 rings (SSSR count). The van der Waals surface area contributed by atoms with Gasteiger partial charge in [-0.05, 0) is 41.0 Å². The van der Waals surface area contributed by atoms with Gasteiger partial charge >= 0.3 is 6.09 Å². The number of fused-ring (bicyclic) bond motifs is 3. The molecular formula is C28H36N4O5.